The van der Waals surface area contributed by atoms with E-state index in [1.165, 1.54) is 13.2 Å². The van der Waals surface area contributed by atoms with Crippen LogP contribution in [0, 0.1) is 0 Å². The van der Waals surface area contributed by atoms with Crippen molar-refractivity contribution in [3.8, 4) is 5.75 Å². The number of nitrogens with zero attached hydrogens (tertiary/aromatic N) is 4. The second kappa shape index (κ2) is 11.9. The van der Waals surface area contributed by atoms with E-state index in [-0.39, 0.29) is 23.9 Å². The zero-order valence-electron chi connectivity index (χ0n) is 21.1. The number of primary amides is 1. The van der Waals surface area contributed by atoms with Gasteiger partial charge in [-0.15, -0.1) is 0 Å². The predicted molar refractivity (Wildman–Crippen MR) is 140 cm³/mol. The predicted octanol–water partition coefficient (Wildman–Crippen LogP) is 2.93. The molecule has 0 aliphatic carbocycles. The first-order valence-corrected chi connectivity index (χ1v) is 12.1. The maximum Gasteiger partial charge on any atom is 0.407 e. The Morgan fingerprint density at radius 1 is 1.13 bits per heavy atom. The van der Waals surface area contributed by atoms with Gasteiger partial charge in [0.25, 0.3) is 5.91 Å². The first-order chi connectivity index (χ1) is 18.4. The molecule has 4 aromatic rings. The second-order valence-corrected chi connectivity index (χ2v) is 8.33. The third kappa shape index (κ3) is 5.91. The van der Waals surface area contributed by atoms with E-state index >= 15 is 0 Å². The summed E-state index contributed by atoms with van der Waals surface area (Å²) in [6, 6.07) is 12.4. The van der Waals surface area contributed by atoms with E-state index in [0.29, 0.717) is 42.8 Å². The quantitative estimate of drug-likeness (QED) is 0.257. The van der Waals surface area contributed by atoms with Gasteiger partial charge in [0.05, 0.1) is 12.6 Å². The number of imidazole rings is 2. The molecule has 4 N–H and O–H groups in total. The first kappa shape index (κ1) is 26.2. The van der Waals surface area contributed by atoms with E-state index in [1.54, 1.807) is 27.6 Å². The van der Waals surface area contributed by atoms with Crippen LogP contribution in [-0.2, 0) is 24.4 Å². The summed E-state index contributed by atoms with van der Waals surface area (Å²) in [5.41, 5.74) is 7.57. The molecule has 2 aromatic heterocycles. The molecule has 4 rings (SSSR count). The van der Waals surface area contributed by atoms with Crippen molar-refractivity contribution < 1.29 is 23.9 Å². The number of fused-ring (bicyclic) bond motifs is 1. The second-order valence-electron chi connectivity index (χ2n) is 8.33. The maximum absolute atomic E-state index is 13.0. The minimum atomic E-state index is -0.631. The van der Waals surface area contributed by atoms with Crippen molar-refractivity contribution in [1.82, 2.24) is 24.4 Å². The lowest BCUT2D eigenvalue weighted by Gasteiger charge is -2.13. The van der Waals surface area contributed by atoms with Crippen molar-refractivity contribution in [2.75, 3.05) is 19.0 Å². The summed E-state index contributed by atoms with van der Waals surface area (Å²) in [6.07, 6.45) is 3.21. The Bertz CT molecular complexity index is 1450. The maximum atomic E-state index is 13.0. The molecule has 12 nitrogen and oxygen atoms in total. The number of ether oxygens (including phenoxy) is 2. The van der Waals surface area contributed by atoms with Crippen molar-refractivity contribution >= 4 is 34.9 Å². The Hall–Kier alpha value is -4.87. The van der Waals surface area contributed by atoms with Gasteiger partial charge in [-0.05, 0) is 31.0 Å². The number of hydrogen-bond donors (Lipinski definition) is 3. The van der Waals surface area contributed by atoms with Gasteiger partial charge < -0.3 is 29.7 Å². The highest BCUT2D eigenvalue weighted by molar-refractivity contribution is 6.03. The number of alkyl carbamates (subject to hydrolysis) is 1. The summed E-state index contributed by atoms with van der Waals surface area (Å²) in [6.45, 7) is 3.31. The summed E-state index contributed by atoms with van der Waals surface area (Å²) in [7, 11) is 1.47. The van der Waals surface area contributed by atoms with Crippen LogP contribution in [0.5, 0.6) is 5.75 Å². The van der Waals surface area contributed by atoms with Gasteiger partial charge in [-0.1, -0.05) is 30.3 Å². The fourth-order valence-electron chi connectivity index (χ4n) is 3.97. The number of aromatic nitrogens is 4. The Kier molecular flexibility index (Phi) is 8.21. The number of amides is 3. The molecule has 0 atom stereocenters. The number of carbonyl (C=O) groups excluding carboxylic acids is 3. The number of nitrogens with one attached hydrogen (secondary N) is 2. The Morgan fingerprint density at radius 2 is 1.92 bits per heavy atom. The monoisotopic (exact) mass is 519 g/mol. The average Bonchev–Trinajstić information content (AvgIpc) is 3.54. The first-order valence-electron chi connectivity index (χ1n) is 12.1. The minimum Gasteiger partial charge on any atom is -0.494 e. The van der Waals surface area contributed by atoms with Gasteiger partial charge in [0, 0.05) is 37.6 Å². The highest BCUT2D eigenvalue weighted by Gasteiger charge is 2.21. The van der Waals surface area contributed by atoms with Gasteiger partial charge in [0.1, 0.15) is 17.9 Å². The number of hydrogen-bond acceptors (Lipinski definition) is 7. The third-order valence-electron chi connectivity index (χ3n) is 5.84. The van der Waals surface area contributed by atoms with Crippen LogP contribution in [0.2, 0.25) is 0 Å². The molecule has 38 heavy (non-hydrogen) atoms. The molecule has 0 radical (unpaired) electrons. The topological polar surface area (TPSA) is 155 Å². The van der Waals surface area contributed by atoms with Crippen LogP contribution in [0.15, 0.2) is 54.9 Å². The van der Waals surface area contributed by atoms with Crippen LogP contribution < -0.4 is 21.1 Å². The van der Waals surface area contributed by atoms with Crippen molar-refractivity contribution in [3.05, 3.63) is 71.8 Å². The zero-order chi connectivity index (χ0) is 27.1. The van der Waals surface area contributed by atoms with Gasteiger partial charge >= 0.3 is 6.09 Å². The highest BCUT2D eigenvalue weighted by Crippen LogP contribution is 2.31. The Balaban J connectivity index is 1.52. The largest absolute Gasteiger partial charge is 0.494 e. The molecule has 2 aromatic carbocycles. The van der Waals surface area contributed by atoms with Gasteiger partial charge in [-0.25, -0.2) is 14.8 Å². The summed E-state index contributed by atoms with van der Waals surface area (Å²) in [5.74, 6) is -0.228. The normalized spacial score (nSPS) is 10.8. The standard InChI is InChI=1S/C26H29N7O5/c1-3-32-13-11-28-23(32)24(35)31-25-30-19-14-18(22(27)34)15-20(37-2)21(19)33(25)12-7-10-29-26(36)38-16-17-8-5-4-6-9-17/h4-6,8-9,11,13-15H,3,7,10,12,16H2,1-2H3,(H2,27,34)(H,29,36)(H,30,31,35). The van der Waals surface area contributed by atoms with E-state index in [2.05, 4.69) is 20.6 Å². The SMILES string of the molecule is CCn1ccnc1C(=O)Nc1nc2cc(C(N)=O)cc(OC)c2n1CCCNC(=O)OCc1ccccc1. The average molecular weight is 520 g/mol. The van der Waals surface area contributed by atoms with Crippen LogP contribution in [-0.4, -0.2) is 50.7 Å². The van der Waals surface area contributed by atoms with Crippen molar-refractivity contribution in [1.29, 1.82) is 0 Å². The number of carbonyl (C=O) groups is 3. The van der Waals surface area contributed by atoms with Crippen molar-refractivity contribution in [2.24, 2.45) is 5.73 Å². The number of methoxy groups -OCH3 is 1. The van der Waals surface area contributed by atoms with Gasteiger partial charge in [-0.3, -0.25) is 14.9 Å². The summed E-state index contributed by atoms with van der Waals surface area (Å²) in [4.78, 5) is 45.6. The summed E-state index contributed by atoms with van der Waals surface area (Å²) >= 11 is 0. The molecular weight excluding hydrogens is 490 g/mol. The number of aryl methyl sites for hydroxylation is 2. The van der Waals surface area contributed by atoms with Gasteiger partial charge in [0.15, 0.2) is 5.82 Å². The lowest BCUT2D eigenvalue weighted by molar-refractivity contribution is 0.0995. The molecule has 3 amide bonds. The minimum absolute atomic E-state index is 0.169. The van der Waals surface area contributed by atoms with Gasteiger partial charge in [0.2, 0.25) is 11.9 Å². The van der Waals surface area contributed by atoms with Crippen LogP contribution in [0.3, 0.4) is 0 Å². The van der Waals surface area contributed by atoms with E-state index in [4.69, 9.17) is 15.2 Å². The van der Waals surface area contributed by atoms with Crippen LogP contribution in [0.25, 0.3) is 11.0 Å². The zero-order valence-corrected chi connectivity index (χ0v) is 21.1. The number of rotatable bonds is 11. The molecule has 0 saturated carbocycles. The molecule has 0 unspecified atom stereocenters. The fraction of sp³-hybridized carbons (Fsp3) is 0.269. The number of nitrogens with two attached hydrogens (primary N) is 1. The highest BCUT2D eigenvalue weighted by atomic mass is 16.5. The van der Waals surface area contributed by atoms with Crippen molar-refractivity contribution in [3.63, 3.8) is 0 Å². The van der Waals surface area contributed by atoms with Crippen LogP contribution >= 0.6 is 0 Å². The number of anilines is 1. The summed E-state index contributed by atoms with van der Waals surface area (Å²) < 4.78 is 14.2. The molecule has 0 aliphatic heterocycles. The lowest BCUT2D eigenvalue weighted by atomic mass is 10.1. The molecule has 12 heteroatoms. The smallest absolute Gasteiger partial charge is 0.407 e. The van der Waals surface area contributed by atoms with Gasteiger partial charge in [-0.2, -0.15) is 0 Å². The Labute approximate surface area is 218 Å². The van der Waals surface area contributed by atoms with E-state index in [0.717, 1.165) is 5.56 Å². The molecule has 198 valence electrons. The molecule has 2 heterocycles. The molecule has 0 spiro atoms. The molecule has 0 fully saturated rings. The molecule has 0 aliphatic rings. The van der Waals surface area contributed by atoms with E-state index < -0.39 is 17.9 Å². The van der Waals surface area contributed by atoms with Crippen LogP contribution in [0.1, 0.15) is 39.9 Å². The number of benzene rings is 2. The van der Waals surface area contributed by atoms with Crippen LogP contribution in [0.4, 0.5) is 10.7 Å². The van der Waals surface area contributed by atoms with E-state index in [1.807, 2.05) is 37.3 Å². The summed E-state index contributed by atoms with van der Waals surface area (Å²) in [5, 5.41) is 5.54. The Morgan fingerprint density at radius 3 is 2.63 bits per heavy atom. The third-order valence-corrected chi connectivity index (χ3v) is 5.84. The lowest BCUT2D eigenvalue weighted by Crippen LogP contribution is -2.26. The fourth-order valence-corrected chi connectivity index (χ4v) is 3.97. The van der Waals surface area contributed by atoms with E-state index in [9.17, 15) is 14.4 Å². The molecular formula is C26H29N7O5. The van der Waals surface area contributed by atoms with Crippen molar-refractivity contribution in [2.45, 2.75) is 33.0 Å². The molecule has 0 saturated heterocycles. The molecule has 0 bridgehead atoms.